The van der Waals surface area contributed by atoms with E-state index in [0.717, 1.165) is 35.8 Å². The molecule has 6 nitrogen and oxygen atoms in total. The van der Waals surface area contributed by atoms with Gasteiger partial charge in [-0.15, -0.1) is 10.2 Å². The van der Waals surface area contributed by atoms with Crippen molar-refractivity contribution < 1.29 is 14.3 Å². The smallest absolute Gasteiger partial charge is 0.360 e. The van der Waals surface area contributed by atoms with Crippen molar-refractivity contribution in [3.8, 4) is 5.75 Å². The molecule has 1 aromatic heterocycles. The number of carbonyl (C=O) groups excluding carboxylic acids is 1. The molecule has 1 saturated heterocycles. The second-order valence-corrected chi connectivity index (χ2v) is 7.11. The summed E-state index contributed by atoms with van der Waals surface area (Å²) < 4.78 is 10.7. The first-order chi connectivity index (χ1) is 12.2. The van der Waals surface area contributed by atoms with Gasteiger partial charge in [-0.2, -0.15) is 11.8 Å². The van der Waals surface area contributed by atoms with Crippen LogP contribution in [0.15, 0.2) is 30.3 Å². The summed E-state index contributed by atoms with van der Waals surface area (Å²) in [5.74, 6) is 2.55. The maximum Gasteiger partial charge on any atom is 0.360 e. The standard InChI is InChI=1S/C17H18ClN3O3S/c1-23-17(22)16-14(10-15(18)20-21-16)19-11-2-4-12(5-3-11)24-13-6-8-25-9-7-13/h2-5,10,13H,6-9H2,1H3,(H,19,20). The zero-order valence-corrected chi connectivity index (χ0v) is 15.3. The minimum absolute atomic E-state index is 0.0759. The van der Waals surface area contributed by atoms with E-state index in [1.165, 1.54) is 13.2 Å². The van der Waals surface area contributed by atoms with Gasteiger partial charge in [0.2, 0.25) is 0 Å². The van der Waals surface area contributed by atoms with Crippen LogP contribution in [0.2, 0.25) is 5.15 Å². The lowest BCUT2D eigenvalue weighted by atomic mass is 10.2. The van der Waals surface area contributed by atoms with Gasteiger partial charge in [0.1, 0.15) is 11.9 Å². The molecule has 2 heterocycles. The van der Waals surface area contributed by atoms with Crippen molar-refractivity contribution in [1.29, 1.82) is 0 Å². The van der Waals surface area contributed by atoms with Gasteiger partial charge in [-0.1, -0.05) is 11.6 Å². The van der Waals surface area contributed by atoms with E-state index in [1.54, 1.807) is 0 Å². The lowest BCUT2D eigenvalue weighted by Gasteiger charge is -2.22. The van der Waals surface area contributed by atoms with Crippen LogP contribution >= 0.6 is 23.4 Å². The van der Waals surface area contributed by atoms with Crippen LogP contribution in [0, 0.1) is 0 Å². The van der Waals surface area contributed by atoms with Crippen LogP contribution in [0.1, 0.15) is 23.3 Å². The minimum Gasteiger partial charge on any atom is -0.490 e. The molecule has 1 N–H and O–H groups in total. The van der Waals surface area contributed by atoms with Crippen LogP contribution in [0.3, 0.4) is 0 Å². The fraction of sp³-hybridized carbons (Fsp3) is 0.353. The molecule has 25 heavy (non-hydrogen) atoms. The molecule has 8 heteroatoms. The molecule has 0 spiro atoms. The highest BCUT2D eigenvalue weighted by molar-refractivity contribution is 7.99. The van der Waals surface area contributed by atoms with Gasteiger partial charge in [-0.25, -0.2) is 4.79 Å². The first-order valence-corrected chi connectivity index (χ1v) is 9.42. The van der Waals surface area contributed by atoms with Crippen LogP contribution in [0.4, 0.5) is 11.4 Å². The summed E-state index contributed by atoms with van der Waals surface area (Å²) in [6.45, 7) is 0. The van der Waals surface area contributed by atoms with Crippen molar-refractivity contribution in [1.82, 2.24) is 10.2 Å². The number of carbonyl (C=O) groups is 1. The Morgan fingerprint density at radius 2 is 1.96 bits per heavy atom. The predicted octanol–water partition coefficient (Wildman–Crippen LogP) is 3.93. The number of esters is 1. The number of nitrogens with zero attached hydrogens (tertiary/aromatic N) is 2. The first kappa shape index (κ1) is 17.8. The fourth-order valence-corrected chi connectivity index (χ4v) is 3.68. The fourth-order valence-electron chi connectivity index (χ4n) is 2.47. The van der Waals surface area contributed by atoms with E-state index < -0.39 is 5.97 Å². The van der Waals surface area contributed by atoms with Crippen molar-refractivity contribution in [2.45, 2.75) is 18.9 Å². The molecule has 1 aliphatic rings. The number of hydrogen-bond donors (Lipinski definition) is 1. The summed E-state index contributed by atoms with van der Waals surface area (Å²) in [6, 6.07) is 9.09. The Labute approximate surface area is 155 Å². The number of rotatable bonds is 5. The summed E-state index contributed by atoms with van der Waals surface area (Å²) >= 11 is 7.85. The lowest BCUT2D eigenvalue weighted by Crippen LogP contribution is -2.21. The third-order valence-electron chi connectivity index (χ3n) is 3.75. The maximum absolute atomic E-state index is 11.8. The Morgan fingerprint density at radius 1 is 1.24 bits per heavy atom. The number of ether oxygens (including phenoxy) is 2. The van der Waals surface area contributed by atoms with E-state index in [0.29, 0.717) is 5.69 Å². The van der Waals surface area contributed by atoms with Crippen molar-refractivity contribution in [3.05, 3.63) is 41.2 Å². The molecule has 132 valence electrons. The number of nitrogens with one attached hydrogen (secondary N) is 1. The van der Waals surface area contributed by atoms with E-state index in [9.17, 15) is 4.79 Å². The Balaban J connectivity index is 1.71. The SMILES string of the molecule is COC(=O)c1nnc(Cl)cc1Nc1ccc(OC2CCSCC2)cc1. The number of anilines is 2. The van der Waals surface area contributed by atoms with E-state index in [-0.39, 0.29) is 17.0 Å². The average Bonchev–Trinajstić information content (AvgIpc) is 2.64. The summed E-state index contributed by atoms with van der Waals surface area (Å²) in [5.41, 5.74) is 1.29. The molecular weight excluding hydrogens is 362 g/mol. The van der Waals surface area contributed by atoms with Gasteiger partial charge in [-0.05, 0) is 48.6 Å². The summed E-state index contributed by atoms with van der Waals surface area (Å²) in [4.78, 5) is 11.8. The molecule has 2 aromatic rings. The van der Waals surface area contributed by atoms with Gasteiger partial charge in [0.05, 0.1) is 12.8 Å². The van der Waals surface area contributed by atoms with Crippen LogP contribution in [0.5, 0.6) is 5.75 Å². The van der Waals surface area contributed by atoms with Gasteiger partial charge in [0.15, 0.2) is 10.8 Å². The summed E-state index contributed by atoms with van der Waals surface area (Å²) in [6.07, 6.45) is 2.44. The topological polar surface area (TPSA) is 73.3 Å². The number of halogens is 1. The van der Waals surface area contributed by atoms with Gasteiger partial charge >= 0.3 is 5.97 Å². The van der Waals surface area contributed by atoms with Crippen LogP contribution in [-0.2, 0) is 4.74 Å². The monoisotopic (exact) mass is 379 g/mol. The van der Waals surface area contributed by atoms with Crippen LogP contribution < -0.4 is 10.1 Å². The molecule has 1 fully saturated rings. The number of thioether (sulfide) groups is 1. The lowest BCUT2D eigenvalue weighted by molar-refractivity contribution is 0.0594. The van der Waals surface area contributed by atoms with Gasteiger partial charge in [-0.3, -0.25) is 0 Å². The Bertz CT molecular complexity index is 736. The second kappa shape index (κ2) is 8.40. The predicted molar refractivity (Wildman–Crippen MR) is 99.1 cm³/mol. The van der Waals surface area contributed by atoms with E-state index >= 15 is 0 Å². The first-order valence-electron chi connectivity index (χ1n) is 7.89. The molecule has 3 rings (SSSR count). The van der Waals surface area contributed by atoms with Crippen LogP contribution in [-0.4, -0.2) is 40.9 Å². The Hall–Kier alpha value is -1.99. The van der Waals surface area contributed by atoms with E-state index in [4.69, 9.17) is 21.1 Å². The van der Waals surface area contributed by atoms with E-state index in [2.05, 4.69) is 15.5 Å². The highest BCUT2D eigenvalue weighted by Crippen LogP contribution is 2.26. The molecular formula is C17H18ClN3O3S. The van der Waals surface area contributed by atoms with Crippen LogP contribution in [0.25, 0.3) is 0 Å². The number of methoxy groups -OCH3 is 1. The Morgan fingerprint density at radius 3 is 2.64 bits per heavy atom. The van der Waals surface area contributed by atoms with Gasteiger partial charge < -0.3 is 14.8 Å². The number of aromatic nitrogens is 2. The summed E-state index contributed by atoms with van der Waals surface area (Å²) in [7, 11) is 1.29. The van der Waals surface area contributed by atoms with Gasteiger partial charge in [0, 0.05) is 11.8 Å². The van der Waals surface area contributed by atoms with Crippen molar-refractivity contribution in [2.24, 2.45) is 0 Å². The Kier molecular flexibility index (Phi) is 5.99. The van der Waals surface area contributed by atoms with Crippen molar-refractivity contribution in [3.63, 3.8) is 0 Å². The van der Waals surface area contributed by atoms with Crippen molar-refractivity contribution in [2.75, 3.05) is 23.9 Å². The molecule has 1 aliphatic heterocycles. The van der Waals surface area contributed by atoms with Crippen molar-refractivity contribution >= 4 is 40.7 Å². The second-order valence-electron chi connectivity index (χ2n) is 5.50. The number of benzene rings is 1. The molecule has 0 amide bonds. The normalized spacial score (nSPS) is 14.8. The third-order valence-corrected chi connectivity index (χ3v) is 4.98. The average molecular weight is 380 g/mol. The molecule has 0 aliphatic carbocycles. The zero-order valence-electron chi connectivity index (χ0n) is 13.7. The largest absolute Gasteiger partial charge is 0.490 e. The molecule has 0 saturated carbocycles. The molecule has 0 atom stereocenters. The van der Waals surface area contributed by atoms with E-state index in [1.807, 2.05) is 36.0 Å². The third kappa shape index (κ3) is 4.76. The highest BCUT2D eigenvalue weighted by atomic mass is 35.5. The molecule has 0 bridgehead atoms. The highest BCUT2D eigenvalue weighted by Gasteiger charge is 2.17. The molecule has 0 unspecified atom stereocenters. The number of hydrogen-bond acceptors (Lipinski definition) is 7. The zero-order chi connectivity index (χ0) is 17.6. The molecule has 1 aromatic carbocycles. The minimum atomic E-state index is -0.582. The molecule has 0 radical (unpaired) electrons. The van der Waals surface area contributed by atoms with Gasteiger partial charge in [0.25, 0.3) is 0 Å². The quantitative estimate of drug-likeness (QED) is 0.789. The summed E-state index contributed by atoms with van der Waals surface area (Å²) in [5, 5.41) is 10.8. The maximum atomic E-state index is 11.8.